The van der Waals surface area contributed by atoms with E-state index in [1.807, 2.05) is 11.8 Å². The first-order valence-electron chi connectivity index (χ1n) is 6.51. The van der Waals surface area contributed by atoms with E-state index >= 15 is 0 Å². The fraction of sp³-hybridized carbons (Fsp3) is 0.125. The molecule has 0 fully saturated rings. The molecule has 0 amide bonds. The summed E-state index contributed by atoms with van der Waals surface area (Å²) in [5, 5.41) is 8.75. The van der Waals surface area contributed by atoms with Crippen LogP contribution in [-0.2, 0) is 4.79 Å². The van der Waals surface area contributed by atoms with Gasteiger partial charge in [0, 0.05) is 30.1 Å². The first kappa shape index (κ1) is 14.7. The molecule has 2 aromatic rings. The van der Waals surface area contributed by atoms with Gasteiger partial charge in [0.25, 0.3) is 0 Å². The third-order valence-electron chi connectivity index (χ3n) is 2.93. The molecule has 0 aliphatic heterocycles. The molecule has 0 saturated heterocycles. The van der Waals surface area contributed by atoms with Gasteiger partial charge in [-0.25, -0.2) is 14.2 Å². The van der Waals surface area contributed by atoms with Crippen LogP contribution in [0.2, 0.25) is 0 Å². The Morgan fingerprint density at radius 1 is 1.33 bits per heavy atom. The predicted molar refractivity (Wildman–Crippen MR) is 80.0 cm³/mol. The molecule has 0 bridgehead atoms. The second kappa shape index (κ2) is 6.65. The minimum Gasteiger partial charge on any atom is -0.478 e. The standard InChI is InChI=1S/C16H15FN2O2/c1-2-19(14-8-6-13(17)7-9-14)16-12(4-3-11-18-16)5-10-15(20)21/h3-11H,2H2,1H3,(H,20,21)/b10-5+. The molecular weight excluding hydrogens is 271 g/mol. The topological polar surface area (TPSA) is 53.4 Å². The van der Waals surface area contributed by atoms with Crippen LogP contribution in [0.3, 0.4) is 0 Å². The van der Waals surface area contributed by atoms with Gasteiger partial charge in [0.05, 0.1) is 0 Å². The summed E-state index contributed by atoms with van der Waals surface area (Å²) < 4.78 is 13.0. The minimum absolute atomic E-state index is 0.304. The molecule has 21 heavy (non-hydrogen) atoms. The molecule has 0 aliphatic rings. The summed E-state index contributed by atoms with van der Waals surface area (Å²) in [6.07, 6.45) is 4.20. The number of halogens is 1. The molecule has 0 saturated carbocycles. The Morgan fingerprint density at radius 2 is 2.05 bits per heavy atom. The molecule has 2 rings (SSSR count). The highest BCUT2D eigenvalue weighted by atomic mass is 19.1. The van der Waals surface area contributed by atoms with Crippen molar-refractivity contribution in [3.05, 3.63) is 60.1 Å². The molecule has 0 atom stereocenters. The highest BCUT2D eigenvalue weighted by molar-refractivity contribution is 5.87. The van der Waals surface area contributed by atoms with Crippen LogP contribution in [-0.4, -0.2) is 22.6 Å². The lowest BCUT2D eigenvalue weighted by Gasteiger charge is -2.23. The molecule has 108 valence electrons. The highest BCUT2D eigenvalue weighted by Crippen LogP contribution is 2.27. The zero-order chi connectivity index (χ0) is 15.2. The smallest absolute Gasteiger partial charge is 0.328 e. The average molecular weight is 286 g/mol. The zero-order valence-corrected chi connectivity index (χ0v) is 11.5. The Bertz CT molecular complexity index is 654. The van der Waals surface area contributed by atoms with Crippen LogP contribution in [0.25, 0.3) is 6.08 Å². The van der Waals surface area contributed by atoms with Gasteiger partial charge in [0.1, 0.15) is 11.6 Å². The highest BCUT2D eigenvalue weighted by Gasteiger charge is 2.12. The molecule has 0 spiro atoms. The fourth-order valence-electron chi connectivity index (χ4n) is 2.00. The number of aliphatic carboxylic acids is 1. The number of anilines is 2. The quantitative estimate of drug-likeness (QED) is 0.855. The van der Waals surface area contributed by atoms with E-state index < -0.39 is 5.97 Å². The van der Waals surface area contributed by atoms with Crippen LogP contribution in [0.1, 0.15) is 12.5 Å². The lowest BCUT2D eigenvalue weighted by molar-refractivity contribution is -0.131. The average Bonchev–Trinajstić information content (AvgIpc) is 2.49. The van der Waals surface area contributed by atoms with Gasteiger partial charge in [-0.05, 0) is 49.4 Å². The van der Waals surface area contributed by atoms with Crippen molar-refractivity contribution in [2.24, 2.45) is 0 Å². The van der Waals surface area contributed by atoms with Crippen LogP contribution >= 0.6 is 0 Å². The maximum Gasteiger partial charge on any atom is 0.328 e. The van der Waals surface area contributed by atoms with E-state index in [1.165, 1.54) is 18.2 Å². The second-order valence-corrected chi connectivity index (χ2v) is 4.31. The monoisotopic (exact) mass is 286 g/mol. The molecule has 1 N–H and O–H groups in total. The van der Waals surface area contributed by atoms with Crippen molar-refractivity contribution in [3.63, 3.8) is 0 Å². The lowest BCUT2D eigenvalue weighted by Crippen LogP contribution is -2.18. The molecule has 5 heteroatoms. The number of carbonyl (C=O) groups is 1. The number of carboxylic acid groups (broad SMARTS) is 1. The summed E-state index contributed by atoms with van der Waals surface area (Å²) in [5.41, 5.74) is 1.48. The van der Waals surface area contributed by atoms with Crippen LogP contribution in [0.15, 0.2) is 48.7 Å². The largest absolute Gasteiger partial charge is 0.478 e. The summed E-state index contributed by atoms with van der Waals surface area (Å²) in [5.74, 6) is -0.694. The first-order chi connectivity index (χ1) is 10.1. The molecular formula is C16H15FN2O2. The Balaban J connectivity index is 2.42. The summed E-state index contributed by atoms with van der Waals surface area (Å²) >= 11 is 0. The van der Waals surface area contributed by atoms with E-state index in [1.54, 1.807) is 30.5 Å². The number of hydrogen-bond donors (Lipinski definition) is 1. The zero-order valence-electron chi connectivity index (χ0n) is 11.5. The molecule has 1 aromatic heterocycles. The van der Waals surface area contributed by atoms with Crippen molar-refractivity contribution >= 4 is 23.6 Å². The number of carboxylic acids is 1. The minimum atomic E-state index is -1.02. The predicted octanol–water partition coefficient (Wildman–Crippen LogP) is 3.48. The third-order valence-corrected chi connectivity index (χ3v) is 2.93. The van der Waals surface area contributed by atoms with E-state index in [0.29, 0.717) is 17.9 Å². The third kappa shape index (κ3) is 3.66. The Labute approximate surface area is 122 Å². The molecule has 0 unspecified atom stereocenters. The molecule has 0 radical (unpaired) electrons. The fourth-order valence-corrected chi connectivity index (χ4v) is 2.00. The number of rotatable bonds is 5. The SMILES string of the molecule is CCN(c1ccc(F)cc1)c1ncccc1/C=C/C(=O)O. The van der Waals surface area contributed by atoms with E-state index in [2.05, 4.69) is 4.98 Å². The lowest BCUT2D eigenvalue weighted by atomic mass is 10.2. The van der Waals surface area contributed by atoms with Crippen molar-refractivity contribution in [3.8, 4) is 0 Å². The number of hydrogen-bond acceptors (Lipinski definition) is 3. The Hall–Kier alpha value is -2.69. The van der Waals surface area contributed by atoms with Gasteiger partial charge >= 0.3 is 5.97 Å². The van der Waals surface area contributed by atoms with Gasteiger partial charge in [-0.3, -0.25) is 0 Å². The summed E-state index contributed by atoms with van der Waals surface area (Å²) in [6, 6.07) is 9.62. The van der Waals surface area contributed by atoms with Crippen molar-refractivity contribution in [2.45, 2.75) is 6.92 Å². The van der Waals surface area contributed by atoms with E-state index in [-0.39, 0.29) is 5.82 Å². The van der Waals surface area contributed by atoms with Gasteiger partial charge in [-0.1, -0.05) is 0 Å². The Morgan fingerprint density at radius 3 is 2.67 bits per heavy atom. The van der Waals surface area contributed by atoms with Crippen molar-refractivity contribution in [2.75, 3.05) is 11.4 Å². The van der Waals surface area contributed by atoms with Crippen LogP contribution in [0.5, 0.6) is 0 Å². The maximum absolute atomic E-state index is 13.0. The molecule has 4 nitrogen and oxygen atoms in total. The van der Waals surface area contributed by atoms with E-state index in [0.717, 1.165) is 11.8 Å². The second-order valence-electron chi connectivity index (χ2n) is 4.31. The maximum atomic E-state index is 13.0. The van der Waals surface area contributed by atoms with E-state index in [9.17, 15) is 9.18 Å². The van der Waals surface area contributed by atoms with Crippen molar-refractivity contribution < 1.29 is 14.3 Å². The molecule has 1 aromatic carbocycles. The van der Waals surface area contributed by atoms with Gasteiger partial charge in [0.2, 0.25) is 0 Å². The summed E-state index contributed by atoms with van der Waals surface area (Å²) in [4.78, 5) is 16.9. The number of nitrogens with zero attached hydrogens (tertiary/aromatic N) is 2. The van der Waals surface area contributed by atoms with Crippen LogP contribution in [0, 0.1) is 5.82 Å². The van der Waals surface area contributed by atoms with Gasteiger partial charge < -0.3 is 10.0 Å². The first-order valence-corrected chi connectivity index (χ1v) is 6.51. The van der Waals surface area contributed by atoms with Gasteiger partial charge in [-0.15, -0.1) is 0 Å². The molecule has 0 aliphatic carbocycles. The Kier molecular flexibility index (Phi) is 4.66. The number of aromatic nitrogens is 1. The van der Waals surface area contributed by atoms with Gasteiger partial charge in [0.15, 0.2) is 0 Å². The summed E-state index contributed by atoms with van der Waals surface area (Å²) in [6.45, 7) is 2.57. The normalized spacial score (nSPS) is 10.8. The van der Waals surface area contributed by atoms with Crippen LogP contribution in [0.4, 0.5) is 15.9 Å². The van der Waals surface area contributed by atoms with Gasteiger partial charge in [-0.2, -0.15) is 0 Å². The number of benzene rings is 1. The van der Waals surface area contributed by atoms with Crippen molar-refractivity contribution in [1.82, 2.24) is 4.98 Å². The van der Waals surface area contributed by atoms with Crippen LogP contribution < -0.4 is 4.90 Å². The number of pyridine rings is 1. The summed E-state index contributed by atoms with van der Waals surface area (Å²) in [7, 11) is 0. The van der Waals surface area contributed by atoms with E-state index in [4.69, 9.17) is 5.11 Å². The van der Waals surface area contributed by atoms with Crippen molar-refractivity contribution in [1.29, 1.82) is 0 Å². The molecule has 1 heterocycles.